The molecule has 0 N–H and O–H groups in total. The molecular formula is C67H62BN3OS. The third kappa shape index (κ3) is 7.63. The average molecular weight is 968 g/mol. The highest BCUT2D eigenvalue weighted by atomic mass is 32.1. The summed E-state index contributed by atoms with van der Waals surface area (Å²) in [6.07, 6.45) is 21.8. The normalized spacial score (nSPS) is 17.7. The average Bonchev–Trinajstić information content (AvgIpc) is 3.80. The van der Waals surface area contributed by atoms with Crippen LogP contribution in [0, 0.1) is 6.92 Å². The van der Waals surface area contributed by atoms with Gasteiger partial charge < -0.3 is 19.4 Å². The monoisotopic (exact) mass is 967 g/mol. The molecule has 73 heavy (non-hydrogen) atoms. The summed E-state index contributed by atoms with van der Waals surface area (Å²) in [5, 5.41) is 1.33. The standard InChI is InChI=1S/C67H62BN3OS/c1-7-45-38-58-56(43-61(45)72-52-29-18-11-19-30-52)68-63-59(39-51(40-60(63)71(58)57-31-21-20-22-44(57)2)69(48-25-14-9-15-26-48)49-27-16-10-17-28-49)70(50-34-32-47(33-35-50)46-23-12-8-13-24-46)64-53-41-54-55(42-62(53)73-65(64)68)67(5,6)37-36-66(54,3)4/h8-10,12-18,20-27,29-35,38-43,49H,7,11,19,28,36-37H2,1-6H3. The van der Waals surface area contributed by atoms with Crippen LogP contribution in [-0.4, -0.2) is 12.8 Å². The number of para-hydroxylation sites is 2. The number of hydrogen-bond acceptors (Lipinski definition) is 5. The fourth-order valence-corrected chi connectivity index (χ4v) is 13.9. The first kappa shape index (κ1) is 45.6. The van der Waals surface area contributed by atoms with Crippen molar-refractivity contribution in [2.45, 2.75) is 96.9 Å². The van der Waals surface area contributed by atoms with Crippen molar-refractivity contribution in [2.24, 2.45) is 0 Å². The topological polar surface area (TPSA) is 19.0 Å². The van der Waals surface area contributed by atoms with Gasteiger partial charge in [-0.15, -0.1) is 11.3 Å². The van der Waals surface area contributed by atoms with Crippen molar-refractivity contribution in [3.63, 3.8) is 0 Å². The molecule has 3 aliphatic carbocycles. The molecule has 1 unspecified atom stereocenters. The molecule has 0 radical (unpaired) electrons. The summed E-state index contributed by atoms with van der Waals surface area (Å²) >= 11 is 2.01. The molecule has 6 heteroatoms. The molecule has 2 aliphatic heterocycles. The lowest BCUT2D eigenvalue weighted by Gasteiger charge is -2.45. The number of fused-ring (bicyclic) bond motifs is 7. The SMILES string of the molecule is CCc1cc2c(cc1OC1=CCCC=C1)B1c3sc4cc5c(cc4c3N(c3ccc(-c4ccccc4)cc3)c3cc(N(c4ccccc4)C4C=CC=CC4)cc(c31)N2c1ccccc1C)C(C)(C)CCC5(C)C. The quantitative estimate of drug-likeness (QED) is 0.134. The van der Waals surface area contributed by atoms with E-state index < -0.39 is 0 Å². The summed E-state index contributed by atoms with van der Waals surface area (Å²) < 4.78 is 9.76. The summed E-state index contributed by atoms with van der Waals surface area (Å²) in [6.45, 7) is 14.3. The molecule has 1 aromatic heterocycles. The molecular weight excluding hydrogens is 906 g/mol. The van der Waals surface area contributed by atoms with Crippen LogP contribution >= 0.6 is 11.3 Å². The maximum atomic E-state index is 7.03. The Labute approximate surface area is 436 Å². The van der Waals surface area contributed by atoms with Gasteiger partial charge in [-0.2, -0.15) is 0 Å². The zero-order valence-electron chi connectivity index (χ0n) is 43.0. The van der Waals surface area contributed by atoms with Crippen LogP contribution in [0.25, 0.3) is 21.2 Å². The Morgan fingerprint density at radius 3 is 2.07 bits per heavy atom. The van der Waals surface area contributed by atoms with Crippen LogP contribution in [0.4, 0.5) is 45.5 Å². The summed E-state index contributed by atoms with van der Waals surface area (Å²) in [6, 6.07) is 55.5. The van der Waals surface area contributed by atoms with Gasteiger partial charge in [0.05, 0.1) is 11.7 Å². The maximum Gasteiger partial charge on any atom is 0.264 e. The van der Waals surface area contributed by atoms with E-state index in [0.29, 0.717) is 0 Å². The predicted molar refractivity (Wildman–Crippen MR) is 313 cm³/mol. The van der Waals surface area contributed by atoms with E-state index in [0.717, 1.165) is 55.0 Å². The van der Waals surface area contributed by atoms with E-state index in [1.165, 1.54) is 99.7 Å². The van der Waals surface area contributed by atoms with E-state index in [9.17, 15) is 0 Å². The molecule has 7 aromatic carbocycles. The number of anilines is 8. The Bertz CT molecular complexity index is 3600. The van der Waals surface area contributed by atoms with Gasteiger partial charge in [0.2, 0.25) is 0 Å². The van der Waals surface area contributed by atoms with Gasteiger partial charge >= 0.3 is 0 Å². The fraction of sp³-hybridized carbons (Fsp3) is 0.224. The number of thiophene rings is 1. The van der Waals surface area contributed by atoms with Gasteiger partial charge in [-0.3, -0.25) is 0 Å². The fourth-order valence-electron chi connectivity index (χ4n) is 12.6. The van der Waals surface area contributed by atoms with Crippen molar-refractivity contribution in [1.29, 1.82) is 0 Å². The zero-order chi connectivity index (χ0) is 49.6. The number of aryl methyl sites for hydroxylation is 2. The van der Waals surface area contributed by atoms with E-state index >= 15 is 0 Å². The Morgan fingerprint density at radius 2 is 1.37 bits per heavy atom. The second kappa shape index (κ2) is 17.7. The first-order valence-electron chi connectivity index (χ1n) is 26.6. The minimum absolute atomic E-state index is 0.0393. The van der Waals surface area contributed by atoms with Gasteiger partial charge in [0.15, 0.2) is 0 Å². The number of allylic oxidation sites excluding steroid dienone is 5. The van der Waals surface area contributed by atoms with E-state index in [2.05, 4.69) is 244 Å². The third-order valence-corrected chi connectivity index (χ3v) is 17.8. The van der Waals surface area contributed by atoms with E-state index in [-0.39, 0.29) is 23.6 Å². The largest absolute Gasteiger partial charge is 0.457 e. The Balaban J connectivity index is 1.16. The second-order valence-corrected chi connectivity index (χ2v) is 23.1. The van der Waals surface area contributed by atoms with E-state index in [4.69, 9.17) is 4.74 Å². The molecule has 0 saturated carbocycles. The Hall–Kier alpha value is -7.28. The van der Waals surface area contributed by atoms with Crippen LogP contribution in [0.1, 0.15) is 89.0 Å². The lowest BCUT2D eigenvalue weighted by atomic mass is 9.36. The Morgan fingerprint density at radius 1 is 0.671 bits per heavy atom. The van der Waals surface area contributed by atoms with Crippen LogP contribution in [0.15, 0.2) is 194 Å². The number of hydrogen-bond donors (Lipinski definition) is 0. The molecule has 0 amide bonds. The molecule has 5 aliphatic rings. The number of benzene rings is 7. The molecule has 0 saturated heterocycles. The minimum Gasteiger partial charge on any atom is -0.457 e. The minimum atomic E-state index is -0.0774. The van der Waals surface area contributed by atoms with Crippen LogP contribution in [0.3, 0.4) is 0 Å². The molecule has 0 fully saturated rings. The van der Waals surface area contributed by atoms with Crippen LogP contribution < -0.4 is 35.1 Å². The molecule has 1 atom stereocenters. The van der Waals surface area contributed by atoms with Crippen LogP contribution in [0.5, 0.6) is 5.75 Å². The highest BCUT2D eigenvalue weighted by Gasteiger charge is 2.47. The van der Waals surface area contributed by atoms with Gasteiger partial charge in [-0.05, 0) is 179 Å². The van der Waals surface area contributed by atoms with Crippen molar-refractivity contribution in [1.82, 2.24) is 0 Å². The summed E-state index contributed by atoms with van der Waals surface area (Å²) in [5.74, 6) is 1.87. The second-order valence-electron chi connectivity index (χ2n) is 22.1. The van der Waals surface area contributed by atoms with Crippen molar-refractivity contribution in [2.75, 3.05) is 14.7 Å². The highest BCUT2D eigenvalue weighted by molar-refractivity contribution is 7.33. The molecule has 13 rings (SSSR count). The molecule has 0 spiro atoms. The van der Waals surface area contributed by atoms with Gasteiger partial charge in [-0.25, -0.2) is 0 Å². The zero-order valence-corrected chi connectivity index (χ0v) is 43.8. The van der Waals surface area contributed by atoms with Gasteiger partial charge in [-0.1, -0.05) is 144 Å². The van der Waals surface area contributed by atoms with Gasteiger partial charge in [0.25, 0.3) is 6.71 Å². The van der Waals surface area contributed by atoms with Gasteiger partial charge in [0, 0.05) is 54.7 Å². The highest BCUT2D eigenvalue weighted by Crippen LogP contribution is 2.54. The summed E-state index contributed by atoms with van der Waals surface area (Å²) in [5.41, 5.74) is 20.1. The predicted octanol–water partition coefficient (Wildman–Crippen LogP) is 16.5. The van der Waals surface area contributed by atoms with E-state index in [1.807, 2.05) is 11.3 Å². The summed E-state index contributed by atoms with van der Waals surface area (Å²) in [4.78, 5) is 7.84. The van der Waals surface area contributed by atoms with Gasteiger partial charge in [0.1, 0.15) is 11.5 Å². The number of ether oxygens (including phenoxy) is 1. The third-order valence-electron chi connectivity index (χ3n) is 16.6. The van der Waals surface area contributed by atoms with Crippen LogP contribution in [0.2, 0.25) is 0 Å². The first-order valence-corrected chi connectivity index (χ1v) is 27.4. The summed E-state index contributed by atoms with van der Waals surface area (Å²) in [7, 11) is 0. The molecule has 0 bridgehead atoms. The number of nitrogens with zero attached hydrogens (tertiary/aromatic N) is 3. The van der Waals surface area contributed by atoms with Crippen molar-refractivity contribution < 1.29 is 4.74 Å². The molecule has 3 heterocycles. The number of rotatable bonds is 9. The van der Waals surface area contributed by atoms with E-state index in [1.54, 1.807) is 0 Å². The lowest BCUT2D eigenvalue weighted by Crippen LogP contribution is -2.60. The first-order chi connectivity index (χ1) is 35.6. The van der Waals surface area contributed by atoms with Crippen LogP contribution in [-0.2, 0) is 17.3 Å². The lowest BCUT2D eigenvalue weighted by molar-refractivity contribution is 0.332. The molecule has 360 valence electrons. The molecule has 8 aromatic rings. The maximum absolute atomic E-state index is 7.03. The van der Waals surface area contributed by atoms with Crippen molar-refractivity contribution in [3.05, 3.63) is 216 Å². The molecule has 4 nitrogen and oxygen atoms in total. The van der Waals surface area contributed by atoms with Crippen molar-refractivity contribution >= 4 is 89.3 Å². The van der Waals surface area contributed by atoms with Crippen molar-refractivity contribution in [3.8, 4) is 16.9 Å². The Kier molecular flexibility index (Phi) is 11.1. The smallest absolute Gasteiger partial charge is 0.264 e.